The highest BCUT2D eigenvalue weighted by molar-refractivity contribution is 7.99. The van der Waals surface area contributed by atoms with Gasteiger partial charge in [-0.1, -0.05) is 62.0 Å². The van der Waals surface area contributed by atoms with Crippen LogP contribution in [0.4, 0.5) is 0 Å². The number of benzene rings is 3. The van der Waals surface area contributed by atoms with E-state index in [1.54, 1.807) is 11.8 Å². The van der Waals surface area contributed by atoms with Crippen LogP contribution in [0.1, 0.15) is 33.1 Å². The minimum absolute atomic E-state index is 0.0362. The summed E-state index contributed by atoms with van der Waals surface area (Å²) in [5.74, 6) is 0.222. The highest BCUT2D eigenvalue weighted by Crippen LogP contribution is 2.64. The van der Waals surface area contributed by atoms with E-state index < -0.39 is 15.5 Å². The van der Waals surface area contributed by atoms with E-state index in [0.717, 1.165) is 6.42 Å². The molecule has 2 unspecified atom stereocenters. The molecule has 184 valence electrons. The summed E-state index contributed by atoms with van der Waals surface area (Å²) in [6, 6.07) is 26.3. The minimum atomic E-state index is -3.88. The van der Waals surface area contributed by atoms with Gasteiger partial charge in [0.15, 0.2) is 0 Å². The van der Waals surface area contributed by atoms with Gasteiger partial charge in [0.1, 0.15) is 17.3 Å². The first-order valence-corrected chi connectivity index (χ1v) is 14.0. The Morgan fingerprint density at radius 3 is 1.91 bits per heavy atom. The molecule has 3 aromatic carbocycles. The molecule has 3 aromatic rings. The molecule has 0 heterocycles. The third-order valence-electron chi connectivity index (χ3n) is 7.34. The van der Waals surface area contributed by atoms with Crippen LogP contribution in [0, 0.1) is 16.7 Å². The highest BCUT2D eigenvalue weighted by atomic mass is 32.2. The van der Waals surface area contributed by atoms with E-state index >= 15 is 0 Å². The van der Waals surface area contributed by atoms with Crippen LogP contribution in [0.25, 0.3) is 0 Å². The maximum Gasteiger partial charge on any atom is 0.310 e. The molecular weight excluding hydrogens is 480 g/mol. The van der Waals surface area contributed by atoms with Gasteiger partial charge in [-0.15, -0.1) is 0 Å². The van der Waals surface area contributed by atoms with Crippen LogP contribution in [0.15, 0.2) is 94.7 Å². The zero-order valence-corrected chi connectivity index (χ0v) is 21.5. The lowest BCUT2D eigenvalue weighted by molar-refractivity contribution is -0.128. The van der Waals surface area contributed by atoms with Gasteiger partial charge >= 0.3 is 10.1 Å². The molecule has 35 heavy (non-hydrogen) atoms. The summed E-state index contributed by atoms with van der Waals surface area (Å²) in [7, 11) is -3.88. The molecule has 0 aromatic heterocycles. The second kappa shape index (κ2) is 10.1. The SMILES string of the molecule is CC1(C)C2CCC1(CS(=O)(=O)Oc1ccc(O)cc1)C(=O)C2.c1ccc(Sc2ccccc2)cc1. The molecule has 7 heteroatoms. The Bertz CT molecular complexity index is 1220. The predicted molar refractivity (Wildman–Crippen MR) is 138 cm³/mol. The maximum atomic E-state index is 12.4. The molecule has 2 bridgehead atoms. The van der Waals surface area contributed by atoms with Gasteiger partial charge in [0.2, 0.25) is 0 Å². The largest absolute Gasteiger partial charge is 0.508 e. The van der Waals surface area contributed by atoms with Gasteiger partial charge in [-0.2, -0.15) is 8.42 Å². The molecule has 0 aliphatic heterocycles. The quantitative estimate of drug-likeness (QED) is 0.390. The van der Waals surface area contributed by atoms with Crippen molar-refractivity contribution >= 4 is 27.7 Å². The molecular formula is C28H30O5S2. The van der Waals surface area contributed by atoms with E-state index in [9.17, 15) is 18.3 Å². The third-order valence-corrected chi connectivity index (χ3v) is 9.65. The Hall–Kier alpha value is -2.77. The van der Waals surface area contributed by atoms with Crippen LogP contribution in [-0.4, -0.2) is 25.1 Å². The van der Waals surface area contributed by atoms with Crippen molar-refractivity contribution in [2.75, 3.05) is 5.75 Å². The normalized spacial score (nSPS) is 22.3. The number of fused-ring (bicyclic) bond motifs is 2. The van der Waals surface area contributed by atoms with Gasteiger partial charge in [-0.05, 0) is 72.7 Å². The second-order valence-corrected chi connectivity index (χ2v) is 12.4. The lowest BCUT2D eigenvalue weighted by Crippen LogP contribution is -2.43. The maximum absolute atomic E-state index is 12.4. The third kappa shape index (κ3) is 5.57. The van der Waals surface area contributed by atoms with E-state index in [1.165, 1.54) is 34.1 Å². The number of hydrogen-bond donors (Lipinski definition) is 1. The Morgan fingerprint density at radius 2 is 1.46 bits per heavy atom. The summed E-state index contributed by atoms with van der Waals surface area (Å²) in [6.45, 7) is 3.98. The number of Topliss-reactive ketones (excluding diaryl/α,β-unsaturated/α-hetero) is 1. The summed E-state index contributed by atoms with van der Waals surface area (Å²) in [4.78, 5) is 15.0. The topological polar surface area (TPSA) is 80.7 Å². The van der Waals surface area contributed by atoms with Crippen molar-refractivity contribution in [3.63, 3.8) is 0 Å². The van der Waals surface area contributed by atoms with Crippen molar-refractivity contribution in [2.24, 2.45) is 16.7 Å². The van der Waals surface area contributed by atoms with E-state index in [2.05, 4.69) is 48.5 Å². The second-order valence-electron chi connectivity index (χ2n) is 9.67. The van der Waals surface area contributed by atoms with Crippen LogP contribution in [-0.2, 0) is 14.9 Å². The molecule has 1 N–H and O–H groups in total. The summed E-state index contributed by atoms with van der Waals surface area (Å²) in [5, 5.41) is 9.22. The van der Waals surface area contributed by atoms with E-state index in [-0.39, 0.29) is 34.4 Å². The van der Waals surface area contributed by atoms with Gasteiger partial charge in [0.25, 0.3) is 0 Å². The Balaban J connectivity index is 0.000000189. The smallest absolute Gasteiger partial charge is 0.310 e. The number of phenolic OH excluding ortho intramolecular Hbond substituents is 1. The molecule has 0 radical (unpaired) electrons. The Labute approximate surface area is 211 Å². The first-order chi connectivity index (χ1) is 16.6. The number of aromatic hydroxyl groups is 1. The van der Waals surface area contributed by atoms with Crippen LogP contribution >= 0.6 is 11.8 Å². The molecule has 2 atom stereocenters. The summed E-state index contributed by atoms with van der Waals surface area (Å²) < 4.78 is 30.0. The molecule has 5 nitrogen and oxygen atoms in total. The van der Waals surface area contributed by atoms with Crippen molar-refractivity contribution in [3.05, 3.63) is 84.9 Å². The average molecular weight is 511 g/mol. The van der Waals surface area contributed by atoms with Gasteiger partial charge < -0.3 is 9.29 Å². The predicted octanol–water partition coefficient (Wildman–Crippen LogP) is 6.33. The zero-order valence-electron chi connectivity index (χ0n) is 19.9. The van der Waals surface area contributed by atoms with E-state index in [1.807, 2.05) is 26.0 Å². The molecule has 2 fully saturated rings. The molecule has 0 amide bonds. The standard InChI is InChI=1S/C16H20O5S.C12H10S/c1-15(2)11-7-8-16(15,14(18)9-11)10-22(19,20)21-13-5-3-12(17)4-6-13;1-3-7-11(8-4-1)13-12-9-5-2-6-10-12/h3-6,11,17H,7-10H2,1-2H3;1-10H. The Kier molecular flexibility index (Phi) is 7.29. The number of carbonyl (C=O) groups is 1. The minimum Gasteiger partial charge on any atom is -0.508 e. The zero-order chi connectivity index (χ0) is 25.1. The van der Waals surface area contributed by atoms with Crippen molar-refractivity contribution in [1.29, 1.82) is 0 Å². The van der Waals surface area contributed by atoms with Crippen LogP contribution in [0.3, 0.4) is 0 Å². The van der Waals surface area contributed by atoms with Crippen molar-refractivity contribution in [2.45, 2.75) is 42.9 Å². The number of phenols is 1. The summed E-state index contributed by atoms with van der Waals surface area (Å²) in [6.07, 6.45) is 1.98. The number of hydrogen-bond acceptors (Lipinski definition) is 6. The van der Waals surface area contributed by atoms with Gasteiger partial charge in [0, 0.05) is 16.2 Å². The molecule has 2 aliphatic carbocycles. The van der Waals surface area contributed by atoms with Gasteiger partial charge in [0.05, 0.1) is 11.2 Å². The van der Waals surface area contributed by atoms with Crippen molar-refractivity contribution < 1.29 is 22.5 Å². The van der Waals surface area contributed by atoms with Gasteiger partial charge in [-0.25, -0.2) is 0 Å². The molecule has 5 rings (SSSR count). The van der Waals surface area contributed by atoms with E-state index in [4.69, 9.17) is 4.18 Å². The van der Waals surface area contributed by atoms with Crippen molar-refractivity contribution in [3.8, 4) is 11.5 Å². The van der Waals surface area contributed by atoms with E-state index in [0.29, 0.717) is 12.8 Å². The molecule has 2 aliphatic rings. The lowest BCUT2D eigenvalue weighted by Gasteiger charge is -2.35. The highest BCUT2D eigenvalue weighted by Gasteiger charge is 2.65. The number of carbonyl (C=O) groups excluding carboxylic acids is 1. The first kappa shape index (κ1) is 25.3. The fraction of sp³-hybridized carbons (Fsp3) is 0.321. The van der Waals surface area contributed by atoms with Crippen LogP contribution < -0.4 is 4.18 Å². The molecule has 0 spiro atoms. The molecule has 2 saturated carbocycles. The fourth-order valence-corrected chi connectivity index (χ4v) is 7.80. The van der Waals surface area contributed by atoms with Gasteiger partial charge in [-0.3, -0.25) is 4.79 Å². The summed E-state index contributed by atoms with van der Waals surface area (Å²) >= 11 is 1.79. The lowest BCUT2D eigenvalue weighted by atomic mass is 9.70. The molecule has 0 saturated heterocycles. The monoisotopic (exact) mass is 510 g/mol. The first-order valence-electron chi connectivity index (χ1n) is 11.6. The number of rotatable bonds is 6. The van der Waals surface area contributed by atoms with Crippen molar-refractivity contribution in [1.82, 2.24) is 0 Å². The number of ketones is 1. The van der Waals surface area contributed by atoms with Crippen LogP contribution in [0.2, 0.25) is 0 Å². The summed E-state index contributed by atoms with van der Waals surface area (Å²) in [5.41, 5.74) is -1.14. The fourth-order valence-electron chi connectivity index (χ4n) is 5.20. The van der Waals surface area contributed by atoms with Crippen LogP contribution in [0.5, 0.6) is 11.5 Å². The Morgan fingerprint density at radius 1 is 0.914 bits per heavy atom. The average Bonchev–Trinajstić information content (AvgIpc) is 3.16.